The first-order chi connectivity index (χ1) is 13.7. The van der Waals surface area contributed by atoms with Gasteiger partial charge in [0.2, 0.25) is 0 Å². The van der Waals surface area contributed by atoms with E-state index in [1.165, 1.54) is 31.5 Å². The van der Waals surface area contributed by atoms with Crippen LogP contribution in [0.15, 0.2) is 35.3 Å². The van der Waals surface area contributed by atoms with Crippen LogP contribution in [0.25, 0.3) is 0 Å². The van der Waals surface area contributed by atoms with E-state index >= 15 is 0 Å². The fraction of sp³-hybridized carbons (Fsp3) is 0.696. The first kappa shape index (κ1) is 21.1. The summed E-state index contributed by atoms with van der Waals surface area (Å²) >= 11 is 0. The smallest absolute Gasteiger partial charge is 0.194 e. The number of aliphatic imine (C=N–C) groups is 1. The van der Waals surface area contributed by atoms with Gasteiger partial charge in [-0.25, -0.2) is 0 Å². The highest BCUT2D eigenvalue weighted by molar-refractivity contribution is 5.80. The summed E-state index contributed by atoms with van der Waals surface area (Å²) in [7, 11) is 2.23. The number of likely N-dealkylation sites (tertiary alicyclic amines) is 1. The Balaban J connectivity index is 1.56. The normalized spacial score (nSPS) is 23.6. The molecule has 1 aromatic rings. The zero-order chi connectivity index (χ0) is 19.8. The molecular formula is C23H39N5. The summed E-state index contributed by atoms with van der Waals surface area (Å²) in [6, 6.07) is 11.5. The largest absolute Gasteiger partial charge is 0.357 e. The fourth-order valence-corrected chi connectivity index (χ4v) is 4.69. The molecule has 0 aromatic heterocycles. The number of benzene rings is 1. The molecule has 0 bridgehead atoms. The molecule has 156 valence electrons. The van der Waals surface area contributed by atoms with Crippen LogP contribution in [0.4, 0.5) is 0 Å². The molecule has 0 radical (unpaired) electrons. The van der Waals surface area contributed by atoms with E-state index in [0.29, 0.717) is 12.0 Å². The highest BCUT2D eigenvalue weighted by Crippen LogP contribution is 2.25. The van der Waals surface area contributed by atoms with Gasteiger partial charge < -0.3 is 15.1 Å². The molecule has 2 aliphatic heterocycles. The molecule has 2 unspecified atom stereocenters. The van der Waals surface area contributed by atoms with E-state index in [0.717, 1.165) is 51.6 Å². The van der Waals surface area contributed by atoms with Crippen molar-refractivity contribution in [1.82, 2.24) is 20.0 Å². The topological polar surface area (TPSA) is 34.1 Å². The molecule has 1 N–H and O–H groups in total. The van der Waals surface area contributed by atoms with Crippen molar-refractivity contribution in [2.24, 2.45) is 10.9 Å². The van der Waals surface area contributed by atoms with Gasteiger partial charge in [0.15, 0.2) is 5.96 Å². The van der Waals surface area contributed by atoms with Gasteiger partial charge in [-0.05, 0) is 51.3 Å². The number of rotatable bonds is 6. The Bertz CT molecular complexity index is 594. The second-order valence-electron chi connectivity index (χ2n) is 8.32. The van der Waals surface area contributed by atoms with Crippen molar-refractivity contribution in [2.45, 2.75) is 39.2 Å². The van der Waals surface area contributed by atoms with Crippen molar-refractivity contribution in [1.29, 1.82) is 0 Å². The highest BCUT2D eigenvalue weighted by Gasteiger charge is 2.25. The molecular weight excluding hydrogens is 346 g/mol. The molecule has 5 nitrogen and oxygen atoms in total. The molecule has 0 spiro atoms. The molecule has 0 aliphatic carbocycles. The molecule has 2 heterocycles. The van der Waals surface area contributed by atoms with Crippen LogP contribution < -0.4 is 5.32 Å². The molecule has 0 amide bonds. The average molecular weight is 386 g/mol. The zero-order valence-corrected chi connectivity index (χ0v) is 18.1. The molecule has 0 saturated carbocycles. The van der Waals surface area contributed by atoms with E-state index in [-0.39, 0.29) is 0 Å². The van der Waals surface area contributed by atoms with Gasteiger partial charge in [-0.2, -0.15) is 0 Å². The van der Waals surface area contributed by atoms with E-state index in [4.69, 9.17) is 4.99 Å². The lowest BCUT2D eigenvalue weighted by atomic mass is 9.99. The maximum atomic E-state index is 5.03. The van der Waals surface area contributed by atoms with Crippen molar-refractivity contribution in [3.63, 3.8) is 0 Å². The highest BCUT2D eigenvalue weighted by atomic mass is 15.4. The van der Waals surface area contributed by atoms with E-state index in [2.05, 4.69) is 71.2 Å². The minimum absolute atomic E-state index is 0.528. The van der Waals surface area contributed by atoms with Crippen molar-refractivity contribution in [3.8, 4) is 0 Å². The molecule has 2 fully saturated rings. The van der Waals surface area contributed by atoms with Gasteiger partial charge in [0.05, 0.1) is 0 Å². The van der Waals surface area contributed by atoms with Crippen molar-refractivity contribution < 1.29 is 0 Å². The van der Waals surface area contributed by atoms with E-state index in [1.54, 1.807) is 0 Å². The van der Waals surface area contributed by atoms with Gasteiger partial charge in [-0.3, -0.25) is 9.89 Å². The number of guanidine groups is 1. The fourth-order valence-electron chi connectivity index (χ4n) is 4.69. The maximum absolute atomic E-state index is 5.03. The Morgan fingerprint density at radius 1 is 1.11 bits per heavy atom. The third-order valence-electron chi connectivity index (χ3n) is 6.18. The summed E-state index contributed by atoms with van der Waals surface area (Å²) in [4.78, 5) is 12.6. The summed E-state index contributed by atoms with van der Waals surface area (Å²) in [6.07, 6.45) is 3.79. The van der Waals surface area contributed by atoms with Crippen LogP contribution in [0.2, 0.25) is 0 Å². The van der Waals surface area contributed by atoms with Crippen LogP contribution >= 0.6 is 0 Å². The number of hydrogen-bond acceptors (Lipinski definition) is 3. The van der Waals surface area contributed by atoms with Gasteiger partial charge in [-0.1, -0.05) is 37.3 Å². The van der Waals surface area contributed by atoms with Gasteiger partial charge in [-0.15, -0.1) is 0 Å². The molecule has 2 saturated heterocycles. The lowest BCUT2D eigenvalue weighted by molar-refractivity contribution is 0.126. The SMILES string of the molecule is CCNC(=NCC1CCCN(C)C1)N1CCN(C(CC)c2ccccc2)CC1. The minimum atomic E-state index is 0.528. The van der Waals surface area contributed by atoms with Crippen LogP contribution in [-0.2, 0) is 0 Å². The van der Waals surface area contributed by atoms with Gasteiger partial charge in [0, 0.05) is 51.9 Å². The first-order valence-corrected chi connectivity index (χ1v) is 11.2. The third-order valence-corrected chi connectivity index (χ3v) is 6.18. The molecule has 28 heavy (non-hydrogen) atoms. The van der Waals surface area contributed by atoms with Crippen LogP contribution in [0.1, 0.15) is 44.7 Å². The molecule has 3 rings (SSSR count). The first-order valence-electron chi connectivity index (χ1n) is 11.2. The Kier molecular flexibility index (Phi) is 8.16. The lowest BCUT2D eigenvalue weighted by Crippen LogP contribution is -2.53. The van der Waals surface area contributed by atoms with Gasteiger partial charge in [0.25, 0.3) is 0 Å². The minimum Gasteiger partial charge on any atom is -0.357 e. The summed E-state index contributed by atoms with van der Waals surface area (Å²) in [5, 5.41) is 3.54. The van der Waals surface area contributed by atoms with Crippen molar-refractivity contribution in [2.75, 3.05) is 59.4 Å². The second-order valence-corrected chi connectivity index (χ2v) is 8.32. The average Bonchev–Trinajstić information content (AvgIpc) is 2.73. The Morgan fingerprint density at radius 3 is 2.50 bits per heavy atom. The Labute approximate surface area is 171 Å². The second kappa shape index (κ2) is 10.8. The summed E-state index contributed by atoms with van der Waals surface area (Å²) in [5.74, 6) is 1.82. The van der Waals surface area contributed by atoms with Crippen LogP contribution in [0, 0.1) is 5.92 Å². The van der Waals surface area contributed by atoms with Gasteiger partial charge in [0.1, 0.15) is 0 Å². The number of nitrogens with one attached hydrogen (secondary N) is 1. The Hall–Kier alpha value is -1.59. The number of nitrogens with zero attached hydrogens (tertiary/aromatic N) is 4. The van der Waals surface area contributed by atoms with E-state index in [9.17, 15) is 0 Å². The predicted octanol–water partition coefficient (Wildman–Crippen LogP) is 3.06. The number of hydrogen-bond donors (Lipinski definition) is 1. The monoisotopic (exact) mass is 385 g/mol. The Morgan fingerprint density at radius 2 is 1.86 bits per heavy atom. The maximum Gasteiger partial charge on any atom is 0.194 e. The third kappa shape index (κ3) is 5.71. The van der Waals surface area contributed by atoms with Crippen molar-refractivity contribution >= 4 is 5.96 Å². The molecule has 2 aliphatic rings. The van der Waals surface area contributed by atoms with Crippen molar-refractivity contribution in [3.05, 3.63) is 35.9 Å². The van der Waals surface area contributed by atoms with Crippen LogP contribution in [0.5, 0.6) is 0 Å². The molecule has 5 heteroatoms. The molecule has 2 atom stereocenters. The van der Waals surface area contributed by atoms with Crippen LogP contribution in [0.3, 0.4) is 0 Å². The standard InChI is InChI=1S/C23H39N5/c1-4-22(21-11-7-6-8-12-21)27-14-16-28(17-15-27)23(24-5-2)25-18-20-10-9-13-26(3)19-20/h6-8,11-12,20,22H,4-5,9-10,13-19H2,1-3H3,(H,24,25). The van der Waals surface area contributed by atoms with E-state index in [1.807, 2.05) is 0 Å². The number of piperazine rings is 1. The lowest BCUT2D eigenvalue weighted by Gasteiger charge is -2.40. The zero-order valence-electron chi connectivity index (χ0n) is 18.1. The predicted molar refractivity (Wildman–Crippen MR) is 119 cm³/mol. The summed E-state index contributed by atoms with van der Waals surface area (Å²) in [6.45, 7) is 13.1. The number of piperidine rings is 1. The summed E-state index contributed by atoms with van der Waals surface area (Å²) < 4.78 is 0. The summed E-state index contributed by atoms with van der Waals surface area (Å²) in [5.41, 5.74) is 1.44. The van der Waals surface area contributed by atoms with E-state index < -0.39 is 0 Å². The van der Waals surface area contributed by atoms with Gasteiger partial charge >= 0.3 is 0 Å². The molecule has 1 aromatic carbocycles. The quantitative estimate of drug-likeness (QED) is 0.603. The van der Waals surface area contributed by atoms with Crippen LogP contribution in [-0.4, -0.2) is 80.1 Å².